The van der Waals surface area contributed by atoms with E-state index >= 15 is 0 Å². The zero-order chi connectivity index (χ0) is 14.0. The van der Waals surface area contributed by atoms with Crippen LogP contribution in [0.3, 0.4) is 0 Å². The maximum absolute atomic E-state index is 13.9. The van der Waals surface area contributed by atoms with Gasteiger partial charge in [0.2, 0.25) is 0 Å². The number of thiocarbonyl (C=S) groups is 1. The predicted octanol–water partition coefficient (Wildman–Crippen LogP) is 3.54. The summed E-state index contributed by atoms with van der Waals surface area (Å²) in [4.78, 5) is 1.96. The molecule has 19 heavy (non-hydrogen) atoms. The summed E-state index contributed by atoms with van der Waals surface area (Å²) in [5.41, 5.74) is 8.67. The minimum absolute atomic E-state index is 0.0635. The molecule has 98 valence electrons. The van der Waals surface area contributed by atoms with Crippen molar-refractivity contribution in [3.8, 4) is 0 Å². The molecule has 2 rings (SSSR count). The van der Waals surface area contributed by atoms with E-state index in [4.69, 9.17) is 18.0 Å². The molecular weight excluding hydrogens is 259 g/mol. The van der Waals surface area contributed by atoms with Crippen LogP contribution in [0.5, 0.6) is 0 Å². The van der Waals surface area contributed by atoms with E-state index in [1.165, 1.54) is 6.07 Å². The molecule has 2 nitrogen and oxygen atoms in total. The summed E-state index contributed by atoms with van der Waals surface area (Å²) in [6.07, 6.45) is 0. The average Bonchev–Trinajstić information content (AvgIpc) is 2.37. The van der Waals surface area contributed by atoms with Gasteiger partial charge in [-0.3, -0.25) is 0 Å². The van der Waals surface area contributed by atoms with Gasteiger partial charge in [-0.25, -0.2) is 4.39 Å². The van der Waals surface area contributed by atoms with Gasteiger partial charge >= 0.3 is 0 Å². The van der Waals surface area contributed by atoms with Crippen LogP contribution in [-0.4, -0.2) is 12.0 Å². The number of aryl methyl sites for hydroxylation is 1. The lowest BCUT2D eigenvalue weighted by Crippen LogP contribution is -2.19. The fraction of sp³-hybridized carbons (Fsp3) is 0.133. The highest BCUT2D eigenvalue weighted by molar-refractivity contribution is 7.80. The van der Waals surface area contributed by atoms with Gasteiger partial charge in [-0.05, 0) is 30.7 Å². The number of nitrogens with two attached hydrogens (primary N) is 1. The number of nitrogens with zero attached hydrogens (tertiary/aromatic N) is 1. The van der Waals surface area contributed by atoms with E-state index < -0.39 is 5.82 Å². The van der Waals surface area contributed by atoms with Gasteiger partial charge in [0.1, 0.15) is 10.8 Å². The Balaban J connectivity index is 2.57. The summed E-state index contributed by atoms with van der Waals surface area (Å²) in [6, 6.07) is 12.7. The van der Waals surface area contributed by atoms with Gasteiger partial charge in [0, 0.05) is 12.7 Å². The van der Waals surface area contributed by atoms with Crippen LogP contribution in [-0.2, 0) is 0 Å². The van der Waals surface area contributed by atoms with E-state index in [0.29, 0.717) is 5.69 Å². The number of benzene rings is 2. The zero-order valence-electron chi connectivity index (χ0n) is 10.9. The molecule has 0 atom stereocenters. The Morgan fingerprint density at radius 2 is 1.74 bits per heavy atom. The van der Waals surface area contributed by atoms with Crippen molar-refractivity contribution in [3.63, 3.8) is 0 Å². The molecule has 0 heterocycles. The number of anilines is 2. The summed E-state index contributed by atoms with van der Waals surface area (Å²) in [6.45, 7) is 2.01. The molecule has 0 aliphatic heterocycles. The lowest BCUT2D eigenvalue weighted by molar-refractivity contribution is 0.625. The Bertz CT molecular complexity index is 625. The molecule has 2 aromatic rings. The Morgan fingerprint density at radius 3 is 2.37 bits per heavy atom. The SMILES string of the molecule is Cc1ccccc1N(C)c1cccc(F)c1C(N)=S. The summed E-state index contributed by atoms with van der Waals surface area (Å²) < 4.78 is 13.9. The second-order valence-electron chi connectivity index (χ2n) is 4.34. The third-order valence-corrected chi connectivity index (χ3v) is 3.28. The monoisotopic (exact) mass is 274 g/mol. The Morgan fingerprint density at radius 1 is 1.11 bits per heavy atom. The molecule has 0 aliphatic rings. The number of hydrogen-bond donors (Lipinski definition) is 1. The first-order valence-electron chi connectivity index (χ1n) is 5.90. The molecular formula is C15H15FN2S. The number of hydrogen-bond acceptors (Lipinski definition) is 2. The Kier molecular flexibility index (Phi) is 3.81. The van der Waals surface area contributed by atoms with Gasteiger partial charge in [-0.2, -0.15) is 0 Å². The van der Waals surface area contributed by atoms with Crippen molar-refractivity contribution in [2.45, 2.75) is 6.92 Å². The first-order valence-corrected chi connectivity index (χ1v) is 6.31. The van der Waals surface area contributed by atoms with Crippen LogP contribution in [0.15, 0.2) is 42.5 Å². The molecule has 0 spiro atoms. The first kappa shape index (κ1) is 13.5. The van der Waals surface area contributed by atoms with Crippen LogP contribution in [0.1, 0.15) is 11.1 Å². The van der Waals surface area contributed by atoms with Crippen molar-refractivity contribution < 1.29 is 4.39 Å². The molecule has 0 saturated carbocycles. The summed E-state index contributed by atoms with van der Waals surface area (Å²) >= 11 is 4.95. The largest absolute Gasteiger partial charge is 0.389 e. The van der Waals surface area contributed by atoms with Gasteiger partial charge in [0.05, 0.1) is 11.3 Å². The van der Waals surface area contributed by atoms with Crippen molar-refractivity contribution in [2.75, 3.05) is 11.9 Å². The Labute approximate surface area is 117 Å². The molecule has 0 aromatic heterocycles. The number of halogens is 1. The summed E-state index contributed by atoms with van der Waals surface area (Å²) in [5, 5.41) is 0. The van der Waals surface area contributed by atoms with Gasteiger partial charge in [0.15, 0.2) is 0 Å². The summed E-state index contributed by atoms with van der Waals surface area (Å²) in [7, 11) is 1.87. The van der Waals surface area contributed by atoms with Crippen molar-refractivity contribution in [3.05, 3.63) is 59.4 Å². The molecule has 2 N–H and O–H groups in total. The topological polar surface area (TPSA) is 29.3 Å². The van der Waals surface area contributed by atoms with Gasteiger partial charge in [0.25, 0.3) is 0 Å². The molecule has 0 aliphatic carbocycles. The van der Waals surface area contributed by atoms with E-state index in [2.05, 4.69) is 0 Å². The van der Waals surface area contributed by atoms with Gasteiger partial charge in [-0.1, -0.05) is 36.5 Å². The van der Waals surface area contributed by atoms with Crippen molar-refractivity contribution >= 4 is 28.6 Å². The maximum atomic E-state index is 13.9. The van der Waals surface area contributed by atoms with Crippen molar-refractivity contribution in [1.82, 2.24) is 0 Å². The van der Waals surface area contributed by atoms with Crippen molar-refractivity contribution in [2.24, 2.45) is 5.73 Å². The highest BCUT2D eigenvalue weighted by Gasteiger charge is 2.16. The molecule has 0 saturated heterocycles. The molecule has 4 heteroatoms. The van der Waals surface area contributed by atoms with Crippen molar-refractivity contribution in [1.29, 1.82) is 0 Å². The third kappa shape index (κ3) is 2.58. The number of rotatable bonds is 3. The van der Waals surface area contributed by atoms with E-state index in [1.807, 2.05) is 49.2 Å². The van der Waals surface area contributed by atoms with E-state index in [-0.39, 0.29) is 10.6 Å². The molecule has 0 radical (unpaired) electrons. The smallest absolute Gasteiger partial charge is 0.135 e. The van der Waals surface area contributed by atoms with Crippen LogP contribution in [0.4, 0.5) is 15.8 Å². The highest BCUT2D eigenvalue weighted by Crippen LogP contribution is 2.30. The third-order valence-electron chi connectivity index (χ3n) is 3.08. The van der Waals surface area contributed by atoms with Crippen LogP contribution in [0.25, 0.3) is 0 Å². The van der Waals surface area contributed by atoms with E-state index in [9.17, 15) is 4.39 Å². The van der Waals surface area contributed by atoms with E-state index in [1.54, 1.807) is 6.07 Å². The van der Waals surface area contributed by atoms with E-state index in [0.717, 1.165) is 11.3 Å². The quantitative estimate of drug-likeness (QED) is 0.868. The average molecular weight is 274 g/mol. The lowest BCUT2D eigenvalue weighted by Gasteiger charge is -2.24. The number of para-hydroxylation sites is 1. The normalized spacial score (nSPS) is 10.3. The molecule has 0 amide bonds. The summed E-state index contributed by atoms with van der Waals surface area (Å²) in [5.74, 6) is -0.398. The molecule has 2 aromatic carbocycles. The lowest BCUT2D eigenvalue weighted by atomic mass is 10.1. The highest BCUT2D eigenvalue weighted by atomic mass is 32.1. The standard InChI is InChI=1S/C15H15FN2S/c1-10-6-3-4-8-12(10)18(2)13-9-5-7-11(16)14(13)15(17)19/h3-9H,1-2H3,(H2,17,19). The van der Waals surface area contributed by atoms with Crippen LogP contribution < -0.4 is 10.6 Å². The second-order valence-corrected chi connectivity index (χ2v) is 4.78. The van der Waals surface area contributed by atoms with Crippen LogP contribution in [0.2, 0.25) is 0 Å². The minimum atomic E-state index is -0.398. The predicted molar refractivity (Wildman–Crippen MR) is 81.5 cm³/mol. The van der Waals surface area contributed by atoms with Crippen LogP contribution >= 0.6 is 12.2 Å². The fourth-order valence-corrected chi connectivity index (χ4v) is 2.31. The Hall–Kier alpha value is -1.94. The first-order chi connectivity index (χ1) is 9.02. The van der Waals surface area contributed by atoms with Gasteiger partial charge in [-0.15, -0.1) is 0 Å². The van der Waals surface area contributed by atoms with Gasteiger partial charge < -0.3 is 10.6 Å². The van der Waals surface area contributed by atoms with Crippen LogP contribution in [0, 0.1) is 12.7 Å². The molecule has 0 unspecified atom stereocenters. The molecule has 0 bridgehead atoms. The molecule has 0 fully saturated rings. The zero-order valence-corrected chi connectivity index (χ0v) is 11.7. The fourth-order valence-electron chi connectivity index (χ4n) is 2.11. The second kappa shape index (κ2) is 5.36. The minimum Gasteiger partial charge on any atom is -0.389 e. The maximum Gasteiger partial charge on any atom is 0.135 e.